The Morgan fingerprint density at radius 1 is 1.00 bits per heavy atom. The van der Waals surface area contributed by atoms with Gasteiger partial charge in [-0.1, -0.05) is 40.9 Å². The summed E-state index contributed by atoms with van der Waals surface area (Å²) >= 11 is 23.7. The fourth-order valence-corrected chi connectivity index (χ4v) is 3.73. The van der Waals surface area contributed by atoms with Gasteiger partial charge in [0.05, 0.1) is 26.4 Å². The fraction of sp³-hybridized carbons (Fsp3) is 0.263. The van der Waals surface area contributed by atoms with Crippen molar-refractivity contribution < 1.29 is 4.79 Å². The van der Waals surface area contributed by atoms with Crippen molar-refractivity contribution in [3.05, 3.63) is 57.0 Å². The molecule has 0 radical (unpaired) electrons. The van der Waals surface area contributed by atoms with Gasteiger partial charge in [-0.3, -0.25) is 10.1 Å². The lowest BCUT2D eigenvalue weighted by Crippen LogP contribution is -2.45. The summed E-state index contributed by atoms with van der Waals surface area (Å²) in [6.07, 6.45) is 0. The Bertz CT molecular complexity index is 901. The van der Waals surface area contributed by atoms with Crippen LogP contribution in [0.2, 0.25) is 15.1 Å². The van der Waals surface area contributed by atoms with E-state index in [4.69, 9.17) is 47.0 Å². The van der Waals surface area contributed by atoms with Gasteiger partial charge in [0.25, 0.3) is 5.91 Å². The zero-order valence-corrected chi connectivity index (χ0v) is 18.2. The molecule has 9 heteroatoms. The summed E-state index contributed by atoms with van der Waals surface area (Å²) in [5.74, 6) is -0.376. The largest absolute Gasteiger partial charge is 0.366 e. The summed E-state index contributed by atoms with van der Waals surface area (Å²) in [5.41, 5.74) is 1.99. The van der Waals surface area contributed by atoms with Gasteiger partial charge < -0.3 is 15.1 Å². The number of hydrogen-bond donors (Lipinski definition) is 2. The molecule has 0 bridgehead atoms. The molecule has 0 saturated carbocycles. The van der Waals surface area contributed by atoms with Gasteiger partial charge in [0.2, 0.25) is 0 Å². The molecule has 1 aliphatic rings. The Kier molecular flexibility index (Phi) is 7.01. The van der Waals surface area contributed by atoms with Gasteiger partial charge in [-0.15, -0.1) is 0 Å². The Morgan fingerprint density at radius 2 is 1.71 bits per heavy atom. The highest BCUT2D eigenvalue weighted by molar-refractivity contribution is 7.80. The highest BCUT2D eigenvalue weighted by Gasteiger charge is 2.20. The van der Waals surface area contributed by atoms with E-state index in [1.54, 1.807) is 12.1 Å². The SMILES string of the molecule is CN1CCN(c2c(Cl)cccc2NC(=S)NC(=O)c2ccc(Cl)c(Cl)c2)CC1. The summed E-state index contributed by atoms with van der Waals surface area (Å²) in [6.45, 7) is 3.61. The number of piperazine rings is 1. The lowest BCUT2D eigenvalue weighted by molar-refractivity contribution is 0.0977. The van der Waals surface area contributed by atoms with Crippen molar-refractivity contribution in [2.24, 2.45) is 0 Å². The zero-order chi connectivity index (χ0) is 20.3. The number of para-hydroxylation sites is 1. The molecule has 148 valence electrons. The number of likely N-dealkylation sites (N-methyl/N-ethyl adjacent to an activating group) is 1. The van der Waals surface area contributed by atoms with Gasteiger partial charge in [0.1, 0.15) is 0 Å². The molecule has 28 heavy (non-hydrogen) atoms. The molecule has 1 saturated heterocycles. The van der Waals surface area contributed by atoms with E-state index in [-0.39, 0.29) is 11.0 Å². The predicted octanol–water partition coefficient (Wildman–Crippen LogP) is 4.53. The molecule has 1 aliphatic heterocycles. The molecule has 0 atom stereocenters. The summed E-state index contributed by atoms with van der Waals surface area (Å²) in [7, 11) is 2.09. The van der Waals surface area contributed by atoms with Crippen molar-refractivity contribution in [2.45, 2.75) is 0 Å². The van der Waals surface area contributed by atoms with E-state index in [1.807, 2.05) is 18.2 Å². The highest BCUT2D eigenvalue weighted by atomic mass is 35.5. The topological polar surface area (TPSA) is 47.6 Å². The predicted molar refractivity (Wildman–Crippen MR) is 121 cm³/mol. The lowest BCUT2D eigenvalue weighted by atomic mass is 10.2. The minimum atomic E-state index is -0.376. The normalized spacial score (nSPS) is 14.6. The third-order valence-corrected chi connectivity index (χ3v) is 5.71. The van der Waals surface area contributed by atoms with Gasteiger partial charge in [-0.25, -0.2) is 0 Å². The fourth-order valence-electron chi connectivity index (χ4n) is 2.93. The number of thiocarbonyl (C=S) groups is 1. The van der Waals surface area contributed by atoms with Gasteiger partial charge in [-0.2, -0.15) is 0 Å². The molecule has 1 heterocycles. The number of rotatable bonds is 3. The smallest absolute Gasteiger partial charge is 0.257 e. The van der Waals surface area contributed by atoms with E-state index in [0.29, 0.717) is 20.6 Å². The standard InChI is InChI=1S/C19H19Cl3N4OS/c1-25-7-9-26(10-8-25)17-14(21)3-2-4-16(17)23-19(28)24-18(27)12-5-6-13(20)15(22)11-12/h2-6,11H,7-10H2,1H3,(H2,23,24,27,28). The Morgan fingerprint density at radius 3 is 2.39 bits per heavy atom. The van der Waals surface area contributed by atoms with Crippen molar-refractivity contribution in [3.63, 3.8) is 0 Å². The minimum absolute atomic E-state index is 0.175. The number of halogens is 3. The molecular formula is C19H19Cl3N4OS. The Balaban J connectivity index is 1.72. The number of nitrogens with zero attached hydrogens (tertiary/aromatic N) is 2. The molecule has 0 aromatic heterocycles. The van der Waals surface area contributed by atoms with Crippen LogP contribution in [0.25, 0.3) is 0 Å². The molecular weight excluding hydrogens is 439 g/mol. The minimum Gasteiger partial charge on any atom is -0.366 e. The van der Waals surface area contributed by atoms with Crippen LogP contribution in [-0.2, 0) is 0 Å². The molecule has 0 unspecified atom stereocenters. The van der Waals surface area contributed by atoms with Gasteiger partial charge >= 0.3 is 0 Å². The van der Waals surface area contributed by atoms with Crippen molar-refractivity contribution in [1.82, 2.24) is 10.2 Å². The van der Waals surface area contributed by atoms with Crippen molar-refractivity contribution >= 4 is 69.4 Å². The van der Waals surface area contributed by atoms with Crippen molar-refractivity contribution in [2.75, 3.05) is 43.4 Å². The molecule has 1 amide bonds. The van der Waals surface area contributed by atoms with E-state index >= 15 is 0 Å². The van der Waals surface area contributed by atoms with Crippen LogP contribution in [0.15, 0.2) is 36.4 Å². The van der Waals surface area contributed by atoms with Gasteiger partial charge in [-0.05, 0) is 49.6 Å². The molecule has 0 aliphatic carbocycles. The first-order valence-electron chi connectivity index (χ1n) is 8.64. The number of hydrogen-bond acceptors (Lipinski definition) is 4. The van der Waals surface area contributed by atoms with Crippen LogP contribution in [0.5, 0.6) is 0 Å². The van der Waals surface area contributed by atoms with E-state index in [1.165, 1.54) is 6.07 Å². The maximum absolute atomic E-state index is 12.4. The maximum atomic E-state index is 12.4. The first-order chi connectivity index (χ1) is 13.3. The molecule has 3 rings (SSSR count). The first kappa shape index (κ1) is 21.1. The number of amides is 1. The molecule has 2 N–H and O–H groups in total. The average Bonchev–Trinajstić information content (AvgIpc) is 2.65. The van der Waals surface area contributed by atoms with Gasteiger partial charge in [0.15, 0.2) is 5.11 Å². The van der Waals surface area contributed by atoms with Crippen LogP contribution in [-0.4, -0.2) is 49.1 Å². The third-order valence-electron chi connectivity index (χ3n) is 4.46. The number of carbonyl (C=O) groups is 1. The zero-order valence-electron chi connectivity index (χ0n) is 15.1. The van der Waals surface area contributed by atoms with Crippen LogP contribution in [0.3, 0.4) is 0 Å². The summed E-state index contributed by atoms with van der Waals surface area (Å²) < 4.78 is 0. The molecule has 5 nitrogen and oxygen atoms in total. The molecule has 1 fully saturated rings. The highest BCUT2D eigenvalue weighted by Crippen LogP contribution is 2.34. The van der Waals surface area contributed by atoms with Crippen molar-refractivity contribution in [3.8, 4) is 0 Å². The van der Waals surface area contributed by atoms with Crippen LogP contribution in [0, 0.1) is 0 Å². The number of nitrogens with one attached hydrogen (secondary N) is 2. The van der Waals surface area contributed by atoms with E-state index in [2.05, 4.69) is 27.5 Å². The second-order valence-electron chi connectivity index (χ2n) is 6.46. The van der Waals surface area contributed by atoms with E-state index < -0.39 is 0 Å². The quantitative estimate of drug-likeness (QED) is 0.663. The van der Waals surface area contributed by atoms with Gasteiger partial charge in [0, 0.05) is 31.7 Å². The third kappa shape index (κ3) is 5.07. The Hall–Kier alpha value is -1.57. The van der Waals surface area contributed by atoms with Crippen LogP contribution in [0.4, 0.5) is 11.4 Å². The second-order valence-corrected chi connectivity index (χ2v) is 8.09. The average molecular weight is 458 g/mol. The number of carbonyl (C=O) groups excluding carboxylic acids is 1. The monoisotopic (exact) mass is 456 g/mol. The van der Waals surface area contributed by atoms with E-state index in [0.717, 1.165) is 37.6 Å². The lowest BCUT2D eigenvalue weighted by Gasteiger charge is -2.35. The first-order valence-corrected chi connectivity index (χ1v) is 10.2. The maximum Gasteiger partial charge on any atom is 0.257 e. The molecule has 0 spiro atoms. The van der Waals surface area contributed by atoms with Crippen molar-refractivity contribution in [1.29, 1.82) is 0 Å². The summed E-state index contributed by atoms with van der Waals surface area (Å²) in [4.78, 5) is 16.9. The van der Waals surface area contributed by atoms with Crippen LogP contribution in [0.1, 0.15) is 10.4 Å². The Labute approximate surface area is 184 Å². The van der Waals surface area contributed by atoms with E-state index in [9.17, 15) is 4.79 Å². The number of anilines is 2. The molecule has 2 aromatic rings. The summed E-state index contributed by atoms with van der Waals surface area (Å²) in [5, 5.41) is 7.24. The second kappa shape index (κ2) is 9.29. The number of benzene rings is 2. The van der Waals surface area contributed by atoms with Crippen LogP contribution < -0.4 is 15.5 Å². The molecule has 2 aromatic carbocycles. The summed E-state index contributed by atoms with van der Waals surface area (Å²) in [6, 6.07) is 10.2. The van der Waals surface area contributed by atoms with Crippen LogP contribution >= 0.6 is 47.0 Å².